The van der Waals surface area contributed by atoms with E-state index in [-0.39, 0.29) is 24.2 Å². The van der Waals surface area contributed by atoms with Crippen molar-refractivity contribution in [2.45, 2.75) is 26.7 Å². The summed E-state index contributed by atoms with van der Waals surface area (Å²) >= 11 is 0. The Morgan fingerprint density at radius 2 is 1.66 bits per heavy atom. The largest absolute Gasteiger partial charge is 0.457 e. The first-order chi connectivity index (χ1) is 22.8. The number of carbonyl (C=O) groups excluding carboxylic acids is 3. The van der Waals surface area contributed by atoms with Crippen LogP contribution in [0.15, 0.2) is 85.1 Å². The van der Waals surface area contributed by atoms with Gasteiger partial charge in [-0.05, 0) is 57.0 Å². The minimum Gasteiger partial charge on any atom is -0.457 e. The predicted octanol–water partition coefficient (Wildman–Crippen LogP) is 5.95. The average Bonchev–Trinajstić information content (AvgIpc) is 3.44. The molecule has 1 saturated heterocycles. The zero-order chi connectivity index (χ0) is 32.8. The van der Waals surface area contributed by atoms with Crippen molar-refractivity contribution in [2.24, 2.45) is 5.92 Å². The number of urea groups is 1. The fourth-order valence-electron chi connectivity index (χ4n) is 5.34. The number of aryl methyl sites for hydroxylation is 2. The zero-order valence-electron chi connectivity index (χ0n) is 26.1. The summed E-state index contributed by atoms with van der Waals surface area (Å²) in [6.45, 7) is 4.82. The van der Waals surface area contributed by atoms with E-state index < -0.39 is 11.9 Å². The van der Waals surface area contributed by atoms with Crippen molar-refractivity contribution in [3.05, 3.63) is 96.3 Å². The summed E-state index contributed by atoms with van der Waals surface area (Å²) in [6, 6.07) is 23.6. The molecule has 2 aromatic heterocycles. The molecule has 3 aromatic carbocycles. The molecule has 0 aliphatic carbocycles. The topological polar surface area (TPSA) is 148 Å². The lowest BCUT2D eigenvalue weighted by molar-refractivity contribution is -0.129. The molecule has 5 aromatic rings. The molecule has 0 spiro atoms. The number of nitrogens with one attached hydrogen (secondary N) is 4. The fraction of sp³-hybridized carbons (Fsp3) is 0.229. The molecule has 6 rings (SSSR count). The molecule has 0 bridgehead atoms. The van der Waals surface area contributed by atoms with Crippen molar-refractivity contribution < 1.29 is 23.9 Å². The lowest BCUT2D eigenvalue weighted by Gasteiger charge is -2.21. The van der Waals surface area contributed by atoms with Gasteiger partial charge in [0.2, 0.25) is 11.8 Å². The number of hydrogen-bond donors (Lipinski definition) is 4. The Balaban J connectivity index is 1.11. The summed E-state index contributed by atoms with van der Waals surface area (Å²) < 4.78 is 13.2. The monoisotopic (exact) mass is 633 g/mol. The van der Waals surface area contributed by atoms with E-state index in [2.05, 4.69) is 31.3 Å². The molecule has 0 unspecified atom stereocenters. The molecule has 1 fully saturated rings. The number of amides is 4. The maximum atomic E-state index is 13.2. The van der Waals surface area contributed by atoms with Gasteiger partial charge in [0.15, 0.2) is 0 Å². The number of anilines is 3. The molecule has 1 aliphatic heterocycles. The molecular formula is C35H35N7O5. The normalized spacial score (nSPS) is 13.1. The minimum absolute atomic E-state index is 0.143. The first-order valence-corrected chi connectivity index (χ1v) is 15.3. The van der Waals surface area contributed by atoms with Gasteiger partial charge in [0.05, 0.1) is 23.6 Å². The van der Waals surface area contributed by atoms with E-state index in [1.54, 1.807) is 28.9 Å². The molecule has 0 radical (unpaired) electrons. The Labute approximate surface area is 271 Å². The van der Waals surface area contributed by atoms with Gasteiger partial charge in [-0.2, -0.15) is 5.10 Å². The van der Waals surface area contributed by atoms with Crippen LogP contribution in [0, 0.1) is 19.8 Å². The van der Waals surface area contributed by atoms with Crippen molar-refractivity contribution in [3.8, 4) is 17.2 Å². The van der Waals surface area contributed by atoms with Crippen molar-refractivity contribution in [1.82, 2.24) is 20.1 Å². The maximum absolute atomic E-state index is 13.2. The van der Waals surface area contributed by atoms with Crippen LogP contribution in [0.2, 0.25) is 0 Å². The number of fused-ring (bicyclic) bond motifs is 1. The highest BCUT2D eigenvalue weighted by atomic mass is 16.5. The average molecular weight is 634 g/mol. The Morgan fingerprint density at radius 1 is 0.894 bits per heavy atom. The second-order valence-electron chi connectivity index (χ2n) is 11.3. The van der Waals surface area contributed by atoms with Gasteiger partial charge in [0.1, 0.15) is 23.1 Å². The number of aromatic nitrogens is 3. The van der Waals surface area contributed by atoms with E-state index in [4.69, 9.17) is 9.47 Å². The van der Waals surface area contributed by atoms with Crippen LogP contribution in [-0.2, 0) is 14.3 Å². The molecule has 4 amide bonds. The van der Waals surface area contributed by atoms with E-state index in [0.717, 1.165) is 27.7 Å². The van der Waals surface area contributed by atoms with E-state index in [1.807, 2.05) is 68.4 Å². The van der Waals surface area contributed by atoms with Gasteiger partial charge in [-0.15, -0.1) is 0 Å². The van der Waals surface area contributed by atoms with Crippen molar-refractivity contribution in [1.29, 1.82) is 0 Å². The highest BCUT2D eigenvalue weighted by Gasteiger charge is 2.22. The third kappa shape index (κ3) is 7.74. The number of nitrogens with zero attached hydrogens (tertiary/aromatic N) is 3. The number of pyridine rings is 1. The van der Waals surface area contributed by atoms with Gasteiger partial charge in [-0.1, -0.05) is 42.0 Å². The molecule has 47 heavy (non-hydrogen) atoms. The standard InChI is InChI=1S/C35H35N7O5/c1-22-7-9-25(10-8-22)42-32(19-23(2)41-42)40-35(45)38-29-11-12-30(28-6-4-3-5-27(28)29)47-26-13-16-36-31(20-26)39-33(43)21-37-34(44)24-14-17-46-18-15-24/h3-13,16,19-20,24H,14-15,17-18,21H2,1-2H3,(H,37,44)(H,36,39,43)(H2,38,40,45). The number of rotatable bonds is 9. The number of hydrogen-bond acceptors (Lipinski definition) is 7. The van der Waals surface area contributed by atoms with Crippen molar-refractivity contribution in [2.75, 3.05) is 35.7 Å². The summed E-state index contributed by atoms with van der Waals surface area (Å²) in [5.41, 5.74) is 3.32. The quantitative estimate of drug-likeness (QED) is 0.157. The predicted molar refractivity (Wildman–Crippen MR) is 179 cm³/mol. The van der Waals surface area contributed by atoms with Gasteiger partial charge in [-0.25, -0.2) is 14.5 Å². The lowest BCUT2D eigenvalue weighted by atomic mass is 9.99. The van der Waals surface area contributed by atoms with Crippen LogP contribution in [0.3, 0.4) is 0 Å². The molecule has 12 nitrogen and oxygen atoms in total. The summed E-state index contributed by atoms with van der Waals surface area (Å²) in [5, 5.41) is 17.3. The van der Waals surface area contributed by atoms with Crippen LogP contribution < -0.4 is 26.0 Å². The summed E-state index contributed by atoms with van der Waals surface area (Å²) in [5.74, 6) is 1.13. The molecule has 1 aliphatic rings. The van der Waals surface area contributed by atoms with Gasteiger partial charge in [0.25, 0.3) is 0 Å². The third-order valence-corrected chi connectivity index (χ3v) is 7.73. The van der Waals surface area contributed by atoms with E-state index >= 15 is 0 Å². The third-order valence-electron chi connectivity index (χ3n) is 7.73. The molecular weight excluding hydrogens is 598 g/mol. The highest BCUT2D eigenvalue weighted by molar-refractivity contribution is 6.07. The van der Waals surface area contributed by atoms with Crippen LogP contribution in [0.4, 0.5) is 22.1 Å². The smallest absolute Gasteiger partial charge is 0.324 e. The van der Waals surface area contributed by atoms with Crippen LogP contribution in [0.1, 0.15) is 24.1 Å². The first kappa shape index (κ1) is 31.2. The molecule has 0 atom stereocenters. The second-order valence-corrected chi connectivity index (χ2v) is 11.3. The highest BCUT2D eigenvalue weighted by Crippen LogP contribution is 2.35. The van der Waals surface area contributed by atoms with E-state index in [9.17, 15) is 14.4 Å². The fourth-order valence-corrected chi connectivity index (χ4v) is 5.34. The number of carbonyl (C=O) groups is 3. The van der Waals surface area contributed by atoms with Gasteiger partial charge in [0, 0.05) is 48.2 Å². The van der Waals surface area contributed by atoms with Crippen molar-refractivity contribution in [3.63, 3.8) is 0 Å². The number of ether oxygens (including phenoxy) is 2. The van der Waals surface area contributed by atoms with Gasteiger partial charge >= 0.3 is 6.03 Å². The zero-order valence-corrected chi connectivity index (χ0v) is 26.1. The SMILES string of the molecule is Cc1ccc(-n2nc(C)cc2NC(=O)Nc2ccc(Oc3ccnc(NC(=O)CNC(=O)C4CCOCC4)c3)c3ccccc23)cc1. The Hall–Kier alpha value is -5.75. The number of benzene rings is 3. The van der Waals surface area contributed by atoms with Crippen LogP contribution in [0.5, 0.6) is 11.5 Å². The van der Waals surface area contributed by atoms with Crippen LogP contribution >= 0.6 is 0 Å². The van der Waals surface area contributed by atoms with Crippen molar-refractivity contribution >= 4 is 45.9 Å². The lowest BCUT2D eigenvalue weighted by Crippen LogP contribution is -2.38. The Bertz CT molecular complexity index is 1920. The van der Waals surface area contributed by atoms with Crippen LogP contribution in [-0.4, -0.2) is 52.4 Å². The van der Waals surface area contributed by atoms with Crippen LogP contribution in [0.25, 0.3) is 16.5 Å². The minimum atomic E-state index is -0.421. The molecule has 240 valence electrons. The second kappa shape index (κ2) is 14.1. The molecule has 4 N–H and O–H groups in total. The summed E-state index contributed by atoms with van der Waals surface area (Å²) in [6.07, 6.45) is 2.82. The first-order valence-electron chi connectivity index (χ1n) is 15.3. The summed E-state index contributed by atoms with van der Waals surface area (Å²) in [4.78, 5) is 42.2. The summed E-state index contributed by atoms with van der Waals surface area (Å²) in [7, 11) is 0. The maximum Gasteiger partial charge on any atom is 0.324 e. The van der Waals surface area contributed by atoms with E-state index in [1.165, 1.54) is 6.20 Å². The van der Waals surface area contributed by atoms with Gasteiger partial charge in [-0.3, -0.25) is 14.9 Å². The Kier molecular flexibility index (Phi) is 9.39. The van der Waals surface area contributed by atoms with E-state index in [0.29, 0.717) is 49.1 Å². The Morgan fingerprint density at radius 3 is 2.45 bits per heavy atom. The molecule has 3 heterocycles. The molecule has 12 heteroatoms. The molecule has 0 saturated carbocycles. The van der Waals surface area contributed by atoms with Gasteiger partial charge < -0.3 is 25.4 Å².